The molecule has 192 valence electrons. The van der Waals surface area contributed by atoms with Gasteiger partial charge in [0.05, 0.1) is 39.4 Å². The number of benzene rings is 2. The molecular formula is C22H29N3O8S2. The van der Waals surface area contributed by atoms with Gasteiger partial charge in [-0.15, -0.1) is 0 Å². The fourth-order valence-corrected chi connectivity index (χ4v) is 6.03. The number of nitrogens with zero attached hydrogens (tertiary/aromatic N) is 2. The highest BCUT2D eigenvalue weighted by molar-refractivity contribution is 7.92. The predicted molar refractivity (Wildman–Crippen MR) is 131 cm³/mol. The van der Waals surface area contributed by atoms with Crippen LogP contribution < -0.4 is 19.1 Å². The van der Waals surface area contributed by atoms with Crippen LogP contribution in [0.25, 0.3) is 0 Å². The topological polar surface area (TPSA) is 132 Å². The number of amides is 1. The minimum atomic E-state index is -3.91. The quantitative estimate of drug-likeness (QED) is 0.518. The van der Waals surface area contributed by atoms with Crippen molar-refractivity contribution in [3.8, 4) is 11.5 Å². The Hall–Kier alpha value is -2.87. The van der Waals surface area contributed by atoms with Gasteiger partial charge in [-0.05, 0) is 42.8 Å². The molecule has 0 bridgehead atoms. The summed E-state index contributed by atoms with van der Waals surface area (Å²) in [7, 11) is -5.01. The van der Waals surface area contributed by atoms with Crippen molar-refractivity contribution in [2.75, 3.05) is 62.9 Å². The highest BCUT2D eigenvalue weighted by Gasteiger charge is 2.30. The number of hydrogen-bond donors (Lipinski definition) is 1. The van der Waals surface area contributed by atoms with E-state index in [1.807, 2.05) is 0 Å². The second kappa shape index (κ2) is 10.8. The van der Waals surface area contributed by atoms with Crippen LogP contribution in [0.4, 0.5) is 11.4 Å². The van der Waals surface area contributed by atoms with Crippen LogP contribution in [0.15, 0.2) is 41.3 Å². The Labute approximate surface area is 205 Å². The molecule has 2 aromatic carbocycles. The van der Waals surface area contributed by atoms with Crippen LogP contribution in [-0.4, -0.2) is 80.4 Å². The first-order valence-electron chi connectivity index (χ1n) is 10.7. The van der Waals surface area contributed by atoms with E-state index in [2.05, 4.69) is 5.32 Å². The molecule has 0 unspecified atom stereocenters. The molecule has 11 nitrogen and oxygen atoms in total. The van der Waals surface area contributed by atoms with Crippen molar-refractivity contribution in [3.05, 3.63) is 42.0 Å². The summed E-state index contributed by atoms with van der Waals surface area (Å²) >= 11 is 0. The SMILES string of the molecule is COc1ccc(C)cc1N(CC(=O)Nc1ccc(OC)c(S(=O)(=O)N2CCOCC2)c1)S(C)(=O)=O. The molecule has 0 radical (unpaired) electrons. The van der Waals surface area contributed by atoms with Gasteiger partial charge in [0.2, 0.25) is 26.0 Å². The fourth-order valence-electron chi connectivity index (χ4n) is 3.59. The zero-order valence-corrected chi connectivity index (χ0v) is 21.6. The van der Waals surface area contributed by atoms with Crippen molar-refractivity contribution in [2.24, 2.45) is 0 Å². The first kappa shape index (κ1) is 26.7. The van der Waals surface area contributed by atoms with Gasteiger partial charge in [0.25, 0.3) is 0 Å². The molecule has 0 atom stereocenters. The molecule has 0 aromatic heterocycles. The Morgan fingerprint density at radius 1 is 1.03 bits per heavy atom. The van der Waals surface area contributed by atoms with E-state index in [-0.39, 0.29) is 54.1 Å². The minimum absolute atomic E-state index is 0.111. The standard InChI is InChI=1S/C22H29N3O8S2/c1-16-5-7-19(31-2)18(13-16)25(34(4,27)28)15-22(26)23-17-6-8-20(32-3)21(14-17)35(29,30)24-9-11-33-12-10-24/h5-8,13-14H,9-12,15H2,1-4H3,(H,23,26). The number of ether oxygens (including phenoxy) is 3. The zero-order chi connectivity index (χ0) is 25.8. The average molecular weight is 528 g/mol. The normalized spacial score (nSPS) is 14.9. The number of sulfonamides is 2. The smallest absolute Gasteiger partial charge is 0.246 e. The Morgan fingerprint density at radius 3 is 2.26 bits per heavy atom. The molecule has 1 heterocycles. The second-order valence-corrected chi connectivity index (χ2v) is 11.7. The van der Waals surface area contributed by atoms with Crippen LogP contribution in [0.2, 0.25) is 0 Å². The maximum absolute atomic E-state index is 13.2. The van der Waals surface area contributed by atoms with Gasteiger partial charge in [0, 0.05) is 18.8 Å². The van der Waals surface area contributed by atoms with E-state index in [9.17, 15) is 21.6 Å². The number of methoxy groups -OCH3 is 2. The van der Waals surface area contributed by atoms with E-state index in [1.165, 1.54) is 36.7 Å². The largest absolute Gasteiger partial charge is 0.495 e. The Kier molecular flexibility index (Phi) is 8.26. The maximum Gasteiger partial charge on any atom is 0.246 e. The van der Waals surface area contributed by atoms with Gasteiger partial charge in [0.15, 0.2) is 0 Å². The summed E-state index contributed by atoms with van der Waals surface area (Å²) in [5, 5.41) is 2.58. The van der Waals surface area contributed by atoms with Crippen LogP contribution in [-0.2, 0) is 29.6 Å². The monoisotopic (exact) mass is 527 g/mol. The first-order chi connectivity index (χ1) is 16.5. The third kappa shape index (κ3) is 6.23. The Bertz CT molecular complexity index is 1290. The number of hydrogen-bond acceptors (Lipinski definition) is 8. The summed E-state index contributed by atoms with van der Waals surface area (Å²) in [6.45, 7) is 2.20. The lowest BCUT2D eigenvalue weighted by molar-refractivity contribution is -0.114. The van der Waals surface area contributed by atoms with Gasteiger partial charge in [-0.3, -0.25) is 9.10 Å². The first-order valence-corrected chi connectivity index (χ1v) is 13.9. The molecule has 2 aromatic rings. The Balaban J connectivity index is 1.89. The van der Waals surface area contributed by atoms with E-state index < -0.39 is 32.5 Å². The van der Waals surface area contributed by atoms with Crippen molar-refractivity contribution in [1.82, 2.24) is 4.31 Å². The van der Waals surface area contributed by atoms with Crippen LogP contribution in [0.5, 0.6) is 11.5 Å². The fraction of sp³-hybridized carbons (Fsp3) is 0.409. The lowest BCUT2D eigenvalue weighted by Gasteiger charge is -2.27. The third-order valence-corrected chi connectivity index (χ3v) is 8.37. The van der Waals surface area contributed by atoms with Crippen LogP contribution >= 0.6 is 0 Å². The molecule has 1 amide bonds. The Morgan fingerprint density at radius 2 is 1.66 bits per heavy atom. The number of nitrogens with one attached hydrogen (secondary N) is 1. The lowest BCUT2D eigenvalue weighted by atomic mass is 10.2. The van der Waals surface area contributed by atoms with Crippen LogP contribution in [0.1, 0.15) is 5.56 Å². The molecular weight excluding hydrogens is 498 g/mol. The molecule has 0 saturated carbocycles. The van der Waals surface area contributed by atoms with E-state index in [0.29, 0.717) is 0 Å². The number of morpholine rings is 1. The van der Waals surface area contributed by atoms with Gasteiger partial charge >= 0.3 is 0 Å². The van der Waals surface area contributed by atoms with Crippen molar-refractivity contribution in [2.45, 2.75) is 11.8 Å². The van der Waals surface area contributed by atoms with E-state index >= 15 is 0 Å². The number of anilines is 2. The van der Waals surface area contributed by atoms with Gasteiger partial charge in [0.1, 0.15) is 22.9 Å². The molecule has 35 heavy (non-hydrogen) atoms. The lowest BCUT2D eigenvalue weighted by Crippen LogP contribution is -2.40. The summed E-state index contributed by atoms with van der Waals surface area (Å²) in [5.74, 6) is -0.257. The average Bonchev–Trinajstić information content (AvgIpc) is 2.82. The molecule has 1 aliphatic rings. The van der Waals surface area contributed by atoms with E-state index in [1.54, 1.807) is 25.1 Å². The molecule has 0 spiro atoms. The van der Waals surface area contributed by atoms with Gasteiger partial charge in [-0.1, -0.05) is 6.07 Å². The summed E-state index contributed by atoms with van der Waals surface area (Å²) < 4.78 is 69.4. The molecule has 3 rings (SSSR count). The maximum atomic E-state index is 13.2. The zero-order valence-electron chi connectivity index (χ0n) is 20.0. The predicted octanol–water partition coefficient (Wildman–Crippen LogP) is 1.44. The van der Waals surface area contributed by atoms with Crippen molar-refractivity contribution < 1.29 is 35.8 Å². The second-order valence-electron chi connectivity index (χ2n) is 7.88. The number of carbonyl (C=O) groups excluding carboxylic acids is 1. The van der Waals surface area contributed by atoms with Gasteiger partial charge in [-0.25, -0.2) is 16.8 Å². The van der Waals surface area contributed by atoms with Gasteiger partial charge < -0.3 is 19.5 Å². The van der Waals surface area contributed by atoms with E-state index in [0.717, 1.165) is 16.1 Å². The molecule has 1 N–H and O–H groups in total. The highest BCUT2D eigenvalue weighted by Crippen LogP contribution is 2.32. The molecule has 1 fully saturated rings. The van der Waals surface area contributed by atoms with E-state index in [4.69, 9.17) is 14.2 Å². The molecule has 1 aliphatic heterocycles. The van der Waals surface area contributed by atoms with Crippen molar-refractivity contribution in [1.29, 1.82) is 0 Å². The third-order valence-electron chi connectivity index (χ3n) is 5.33. The summed E-state index contributed by atoms with van der Waals surface area (Å²) in [6, 6.07) is 9.19. The highest BCUT2D eigenvalue weighted by atomic mass is 32.2. The molecule has 13 heteroatoms. The number of carbonyl (C=O) groups is 1. The number of aryl methyl sites for hydroxylation is 1. The summed E-state index contributed by atoms with van der Waals surface area (Å²) in [5.41, 5.74) is 1.17. The summed E-state index contributed by atoms with van der Waals surface area (Å²) in [4.78, 5) is 12.8. The molecule has 0 aliphatic carbocycles. The van der Waals surface area contributed by atoms with Gasteiger partial charge in [-0.2, -0.15) is 4.31 Å². The van der Waals surface area contributed by atoms with Crippen molar-refractivity contribution in [3.63, 3.8) is 0 Å². The minimum Gasteiger partial charge on any atom is -0.495 e. The summed E-state index contributed by atoms with van der Waals surface area (Å²) in [6.07, 6.45) is 0.989. The van der Waals surface area contributed by atoms with Crippen LogP contribution in [0.3, 0.4) is 0 Å². The van der Waals surface area contributed by atoms with Crippen molar-refractivity contribution >= 4 is 37.3 Å². The van der Waals surface area contributed by atoms with Crippen LogP contribution in [0, 0.1) is 6.92 Å². The number of rotatable bonds is 9. The molecule has 1 saturated heterocycles.